The Morgan fingerprint density at radius 1 is 0.354 bits per heavy atom. The van der Waals surface area contributed by atoms with Crippen molar-refractivity contribution >= 4 is 11.9 Å². The molecule has 0 bridgehead atoms. The minimum atomic E-state index is -0.667. The molecule has 0 saturated heterocycles. The largest absolute Gasteiger partial charge is 0.466 e. The summed E-state index contributed by atoms with van der Waals surface area (Å²) < 4.78 is 5.50. The highest BCUT2D eigenvalue weighted by atomic mass is 16.5. The third-order valence-corrected chi connectivity index (χ3v) is 16.7. The smallest absolute Gasteiger partial charge is 0.305 e. The number of ether oxygens (including phenoxy) is 1. The summed E-state index contributed by atoms with van der Waals surface area (Å²) in [6.07, 6.45) is 87.6. The van der Waals surface area contributed by atoms with E-state index in [-0.39, 0.29) is 18.5 Å². The second kappa shape index (κ2) is 68.6. The van der Waals surface area contributed by atoms with Crippen LogP contribution in [0.15, 0.2) is 36.5 Å². The molecule has 0 fully saturated rings. The molecule has 0 aliphatic carbocycles. The molecule has 0 aromatic heterocycles. The van der Waals surface area contributed by atoms with E-state index in [0.717, 1.165) is 51.4 Å². The topological polar surface area (TPSA) is 95.9 Å². The van der Waals surface area contributed by atoms with Crippen molar-refractivity contribution in [2.24, 2.45) is 0 Å². The summed E-state index contributed by atoms with van der Waals surface area (Å²) in [6.45, 7) is 4.98. The standard InChI is InChI=1S/C73H139NO5/c1-3-5-7-9-11-13-15-17-19-21-31-35-39-43-47-51-55-59-63-67-73(78)79-68-64-60-56-52-48-44-40-36-33-30-28-26-24-22-23-25-27-29-32-34-38-42-46-50-54-58-62-66-72(77)74-70(69-75)71(76)65-61-57-53-49-45-41-37-20-18-16-14-12-10-8-6-4-2/h17,19,22-23,26,28,70-71,75-76H,3-16,18,20-21,24-25,27,29-69H2,1-2H3,(H,74,77)/b19-17-,23-22-,28-26-. The molecule has 1 amide bonds. The summed E-state index contributed by atoms with van der Waals surface area (Å²) in [5.74, 6) is -0.0247. The zero-order valence-electron chi connectivity index (χ0n) is 53.4. The summed E-state index contributed by atoms with van der Waals surface area (Å²) in [6, 6.07) is -0.544. The molecule has 6 heteroatoms. The molecule has 0 aliphatic rings. The van der Waals surface area contributed by atoms with Gasteiger partial charge in [0, 0.05) is 12.8 Å². The van der Waals surface area contributed by atoms with E-state index in [1.54, 1.807) is 0 Å². The maximum absolute atomic E-state index is 12.5. The van der Waals surface area contributed by atoms with Gasteiger partial charge in [0.25, 0.3) is 0 Å². The lowest BCUT2D eigenvalue weighted by Gasteiger charge is -2.22. The lowest BCUT2D eigenvalue weighted by molar-refractivity contribution is -0.143. The lowest BCUT2D eigenvalue weighted by atomic mass is 10.0. The first-order valence-corrected chi connectivity index (χ1v) is 35.7. The summed E-state index contributed by atoms with van der Waals surface area (Å²) >= 11 is 0. The van der Waals surface area contributed by atoms with Crippen LogP contribution in [0.25, 0.3) is 0 Å². The van der Waals surface area contributed by atoms with Gasteiger partial charge in [0.15, 0.2) is 0 Å². The van der Waals surface area contributed by atoms with E-state index in [9.17, 15) is 19.8 Å². The molecule has 79 heavy (non-hydrogen) atoms. The van der Waals surface area contributed by atoms with Gasteiger partial charge in [-0.25, -0.2) is 0 Å². The van der Waals surface area contributed by atoms with Gasteiger partial charge in [-0.15, -0.1) is 0 Å². The number of carbonyl (C=O) groups is 2. The number of carbonyl (C=O) groups excluding carboxylic acids is 2. The summed E-state index contributed by atoms with van der Waals surface area (Å²) in [5, 5.41) is 23.3. The Morgan fingerprint density at radius 2 is 0.633 bits per heavy atom. The van der Waals surface area contributed by atoms with Crippen molar-refractivity contribution < 1.29 is 24.5 Å². The fourth-order valence-electron chi connectivity index (χ4n) is 11.2. The molecule has 3 N–H and O–H groups in total. The molecule has 0 radical (unpaired) electrons. The van der Waals surface area contributed by atoms with Crippen molar-refractivity contribution in [3.8, 4) is 0 Å². The maximum atomic E-state index is 12.5. The average Bonchev–Trinajstić information content (AvgIpc) is 3.45. The van der Waals surface area contributed by atoms with Gasteiger partial charge in [0.2, 0.25) is 5.91 Å². The van der Waals surface area contributed by atoms with Crippen LogP contribution in [0.4, 0.5) is 0 Å². The van der Waals surface area contributed by atoms with Crippen LogP contribution >= 0.6 is 0 Å². The van der Waals surface area contributed by atoms with E-state index in [1.807, 2.05) is 0 Å². The van der Waals surface area contributed by atoms with Gasteiger partial charge in [-0.2, -0.15) is 0 Å². The number of rotatable bonds is 67. The average molecular weight is 1110 g/mol. The first kappa shape index (κ1) is 77.1. The van der Waals surface area contributed by atoms with E-state index >= 15 is 0 Å². The fourth-order valence-corrected chi connectivity index (χ4v) is 11.2. The first-order valence-electron chi connectivity index (χ1n) is 35.7. The highest BCUT2D eigenvalue weighted by Crippen LogP contribution is 2.18. The van der Waals surface area contributed by atoms with Crippen LogP contribution < -0.4 is 5.32 Å². The molecule has 0 heterocycles. The molecule has 466 valence electrons. The molecule has 0 aliphatic heterocycles. The molecule has 0 rings (SSSR count). The predicted octanol–water partition coefficient (Wildman–Crippen LogP) is 23.1. The number of amides is 1. The number of aliphatic hydroxyl groups excluding tert-OH is 2. The number of unbranched alkanes of at least 4 members (excludes halogenated alkanes) is 50. The van der Waals surface area contributed by atoms with Crippen LogP contribution in [0, 0.1) is 0 Å². The van der Waals surface area contributed by atoms with Crippen molar-refractivity contribution in [1.29, 1.82) is 0 Å². The van der Waals surface area contributed by atoms with Gasteiger partial charge >= 0.3 is 5.97 Å². The van der Waals surface area contributed by atoms with Crippen molar-refractivity contribution in [3.63, 3.8) is 0 Å². The third kappa shape index (κ3) is 65.1. The van der Waals surface area contributed by atoms with Crippen LogP contribution in [0.5, 0.6) is 0 Å². The van der Waals surface area contributed by atoms with E-state index < -0.39 is 12.1 Å². The molecule has 0 saturated carbocycles. The third-order valence-electron chi connectivity index (χ3n) is 16.7. The molecule has 0 aromatic rings. The zero-order chi connectivity index (χ0) is 57.1. The fraction of sp³-hybridized carbons (Fsp3) is 0.890. The van der Waals surface area contributed by atoms with E-state index in [4.69, 9.17) is 4.74 Å². The molecule has 2 unspecified atom stereocenters. The van der Waals surface area contributed by atoms with Crippen molar-refractivity contribution in [2.45, 2.75) is 405 Å². The van der Waals surface area contributed by atoms with Crippen LogP contribution in [-0.2, 0) is 14.3 Å². The quantitative estimate of drug-likeness (QED) is 0.0320. The number of hydrogen-bond donors (Lipinski definition) is 3. The number of nitrogens with one attached hydrogen (secondary N) is 1. The minimum Gasteiger partial charge on any atom is -0.466 e. The summed E-state index contributed by atoms with van der Waals surface area (Å²) in [5.41, 5.74) is 0. The SMILES string of the molecule is CCCCCCCC/C=C\CCCCCCCCCCCC(=O)OCCCCCCCCCCC/C=C\C/C=C\CCCCCCCCCCCCCC(=O)NC(CO)C(O)CCCCCCCCCCCCCCCCCC. The lowest BCUT2D eigenvalue weighted by Crippen LogP contribution is -2.45. The predicted molar refractivity (Wildman–Crippen MR) is 347 cm³/mol. The molecular weight excluding hydrogens is 971 g/mol. The molecule has 6 nitrogen and oxygen atoms in total. The van der Waals surface area contributed by atoms with Gasteiger partial charge in [-0.3, -0.25) is 9.59 Å². The molecule has 0 spiro atoms. The van der Waals surface area contributed by atoms with Crippen LogP contribution in [0.1, 0.15) is 393 Å². The van der Waals surface area contributed by atoms with Crippen LogP contribution in [0.3, 0.4) is 0 Å². The van der Waals surface area contributed by atoms with Gasteiger partial charge in [-0.05, 0) is 83.5 Å². The Bertz CT molecular complexity index is 1280. The second-order valence-corrected chi connectivity index (χ2v) is 24.6. The number of esters is 1. The monoisotopic (exact) mass is 1110 g/mol. The van der Waals surface area contributed by atoms with E-state index in [0.29, 0.717) is 25.9 Å². The highest BCUT2D eigenvalue weighted by molar-refractivity contribution is 5.76. The highest BCUT2D eigenvalue weighted by Gasteiger charge is 2.20. The molecule has 2 atom stereocenters. The number of hydrogen-bond acceptors (Lipinski definition) is 5. The summed E-state index contributed by atoms with van der Waals surface area (Å²) in [4.78, 5) is 24.6. The summed E-state index contributed by atoms with van der Waals surface area (Å²) in [7, 11) is 0. The number of aliphatic hydroxyl groups is 2. The van der Waals surface area contributed by atoms with Crippen LogP contribution in [-0.4, -0.2) is 47.4 Å². The van der Waals surface area contributed by atoms with Gasteiger partial charge in [0.05, 0.1) is 25.4 Å². The van der Waals surface area contributed by atoms with Gasteiger partial charge in [0.1, 0.15) is 0 Å². The molecular formula is C73H139NO5. The van der Waals surface area contributed by atoms with Gasteiger partial charge < -0.3 is 20.3 Å². The normalized spacial score (nSPS) is 12.7. The minimum absolute atomic E-state index is 0.0108. The first-order chi connectivity index (χ1) is 39.0. The van der Waals surface area contributed by atoms with Crippen LogP contribution in [0.2, 0.25) is 0 Å². The van der Waals surface area contributed by atoms with E-state index in [1.165, 1.54) is 308 Å². The second-order valence-electron chi connectivity index (χ2n) is 24.6. The molecule has 0 aromatic carbocycles. The van der Waals surface area contributed by atoms with Crippen molar-refractivity contribution in [3.05, 3.63) is 36.5 Å². The number of allylic oxidation sites excluding steroid dienone is 6. The maximum Gasteiger partial charge on any atom is 0.305 e. The van der Waals surface area contributed by atoms with E-state index in [2.05, 4.69) is 55.6 Å². The zero-order valence-corrected chi connectivity index (χ0v) is 53.4. The van der Waals surface area contributed by atoms with Crippen molar-refractivity contribution in [1.82, 2.24) is 5.32 Å². The Morgan fingerprint density at radius 3 is 0.975 bits per heavy atom. The Kier molecular flexibility index (Phi) is 66.9. The van der Waals surface area contributed by atoms with Crippen molar-refractivity contribution in [2.75, 3.05) is 13.2 Å². The Labute approximate surface area is 494 Å². The van der Waals surface area contributed by atoms with Gasteiger partial charge in [-0.1, -0.05) is 333 Å². The Hall–Kier alpha value is -1.92. The Balaban J connectivity index is 3.40.